The van der Waals surface area contributed by atoms with Crippen LogP contribution in [0.25, 0.3) is 44.8 Å². The van der Waals surface area contributed by atoms with Crippen molar-refractivity contribution in [2.24, 2.45) is 24.9 Å². The Hall–Kier alpha value is -6.91. The SMILES string of the molecule is CC(=O)c1ccc(-c2ccc3c(n2)n(C)c(=O)n3CC(C)(C)C)c(C)c1.CC(=O)c1ccc(O)c(C)c1.CC(=O)c1ccc(OS(=O)(=O)C(F)(F)F)c(C)c1.Cc1cc(C(C)O)ccc1-c1ccc2c(n1)n(C)c(=O)n2CC(C)(C)C.[B].[H-].[Na+]. The van der Waals surface area contributed by atoms with Gasteiger partial charge in [0.25, 0.3) is 0 Å². The number of hydrogen-bond acceptors (Lipinski definition) is 12. The standard InChI is InChI=1S/C21H27N3O2.C21H25N3O2.C10H9F3O4S.C9H10O2.B.Na.H/c2*1-13-11-15(14(2)25)7-8-16(13)17-9-10-18-19(22-17)23(6)20(26)24(18)12-21(3,4)5;1-6-5-8(7(2)14)3-4-9(6)17-18(15,16)10(11,12)13;1-6-5-8(7(2)10)3-4-9(6)11;;;/h7-11,14,25H,12H2,1-6H3;7-11H,12H2,1-6H3;3-5H,1-2H3;3-5,11H,1-2H3;;;/q;;;;;+1;-1. The predicted molar refractivity (Wildman–Crippen MR) is 316 cm³/mol. The van der Waals surface area contributed by atoms with Crippen molar-refractivity contribution in [1.29, 1.82) is 0 Å². The molecule has 0 aliphatic heterocycles. The third kappa shape index (κ3) is 17.6. The number of carbonyl (C=O) groups is 3. The Labute approximate surface area is 507 Å². The molecule has 0 saturated heterocycles. The number of benzene rings is 4. The maximum atomic E-state index is 12.7. The number of carbonyl (C=O) groups excluding carboxylic acids is 3. The zero-order valence-corrected chi connectivity index (χ0v) is 53.0. The minimum absolute atomic E-state index is 0. The molecule has 4 heterocycles. The number of rotatable bonds is 10. The first-order valence-corrected chi connectivity index (χ1v) is 27.2. The van der Waals surface area contributed by atoms with Gasteiger partial charge in [0, 0.05) is 63.4 Å². The molecular formula is C61H72BF3N6NaO10S. The molecular weight excluding hydrogens is 1100 g/mol. The minimum Gasteiger partial charge on any atom is -1.00 e. The van der Waals surface area contributed by atoms with Crippen molar-refractivity contribution in [2.75, 3.05) is 0 Å². The number of aliphatic hydroxyl groups is 1. The Morgan fingerprint density at radius 3 is 1.33 bits per heavy atom. The zero-order chi connectivity index (χ0) is 61.0. The monoisotopic (exact) mass is 1170 g/mol. The summed E-state index contributed by atoms with van der Waals surface area (Å²) in [5.41, 5.74) is 6.45. The third-order valence-corrected chi connectivity index (χ3v) is 13.8. The maximum Gasteiger partial charge on any atom is 1.00 e. The maximum absolute atomic E-state index is 12.7. The van der Waals surface area contributed by atoms with Gasteiger partial charge in [0.05, 0.1) is 28.5 Å². The van der Waals surface area contributed by atoms with Crippen LogP contribution in [0.2, 0.25) is 0 Å². The number of phenols is 1. The number of phenolic OH excluding ortho intramolecular Hbond substituents is 1. The predicted octanol–water partition coefficient (Wildman–Crippen LogP) is 8.83. The number of Topliss-reactive ketones (excluding diaryl/α,β-unsaturated/α-hetero) is 3. The molecule has 0 bridgehead atoms. The van der Waals surface area contributed by atoms with Gasteiger partial charge in [0.15, 0.2) is 28.6 Å². The quantitative estimate of drug-likeness (QED) is 0.0569. The zero-order valence-electron chi connectivity index (χ0n) is 51.2. The van der Waals surface area contributed by atoms with Crippen LogP contribution < -0.4 is 45.1 Å². The van der Waals surface area contributed by atoms with E-state index in [1.165, 1.54) is 39.0 Å². The van der Waals surface area contributed by atoms with E-state index < -0.39 is 27.5 Å². The van der Waals surface area contributed by atoms with E-state index in [1.807, 2.05) is 74.5 Å². The van der Waals surface area contributed by atoms with Gasteiger partial charge in [0.2, 0.25) is 0 Å². The average Bonchev–Trinajstić information content (AvgIpc) is 3.73. The van der Waals surface area contributed by atoms with Crippen LogP contribution >= 0.6 is 0 Å². The molecule has 0 aliphatic carbocycles. The number of ketones is 3. The first-order valence-electron chi connectivity index (χ1n) is 25.8. The minimum atomic E-state index is -5.69. The van der Waals surface area contributed by atoms with Crippen LogP contribution in [0.1, 0.15) is 136 Å². The molecule has 2 N–H and O–H groups in total. The van der Waals surface area contributed by atoms with Crippen LogP contribution in [0.4, 0.5) is 13.2 Å². The largest absolute Gasteiger partial charge is 1.00 e. The summed E-state index contributed by atoms with van der Waals surface area (Å²) in [6, 6.07) is 27.6. The van der Waals surface area contributed by atoms with Crippen molar-refractivity contribution in [1.82, 2.24) is 28.2 Å². The van der Waals surface area contributed by atoms with Crippen molar-refractivity contribution in [3.8, 4) is 34.0 Å². The Balaban J connectivity index is 0.000000394. The molecule has 0 aliphatic rings. The molecule has 437 valence electrons. The summed E-state index contributed by atoms with van der Waals surface area (Å²) < 4.78 is 68.6. The molecule has 1 unspecified atom stereocenters. The van der Waals surface area contributed by atoms with E-state index in [4.69, 9.17) is 15.1 Å². The van der Waals surface area contributed by atoms with Crippen LogP contribution in [0.3, 0.4) is 0 Å². The van der Waals surface area contributed by atoms with Gasteiger partial charge in [-0.15, -0.1) is 0 Å². The Morgan fingerprint density at radius 1 is 0.602 bits per heavy atom. The van der Waals surface area contributed by atoms with E-state index in [0.29, 0.717) is 35.5 Å². The fraction of sp³-hybridized carbons (Fsp3) is 0.361. The molecule has 16 nitrogen and oxygen atoms in total. The number of alkyl halides is 3. The first-order chi connectivity index (χ1) is 37.3. The van der Waals surface area contributed by atoms with Gasteiger partial charge < -0.3 is 15.8 Å². The fourth-order valence-corrected chi connectivity index (χ4v) is 9.02. The summed E-state index contributed by atoms with van der Waals surface area (Å²) in [4.78, 5) is 68.2. The van der Waals surface area contributed by atoms with Crippen molar-refractivity contribution in [3.05, 3.63) is 163 Å². The van der Waals surface area contributed by atoms with Crippen LogP contribution in [-0.2, 0) is 37.3 Å². The Morgan fingerprint density at radius 2 is 0.976 bits per heavy atom. The number of halogens is 3. The van der Waals surface area contributed by atoms with Crippen molar-refractivity contribution >= 4 is 58.2 Å². The number of fused-ring (bicyclic) bond motifs is 2. The Kier molecular flexibility index (Phi) is 23.4. The summed E-state index contributed by atoms with van der Waals surface area (Å²) >= 11 is 0. The molecule has 83 heavy (non-hydrogen) atoms. The smallest absolute Gasteiger partial charge is 1.00 e. The number of nitrogens with zero attached hydrogens (tertiary/aromatic N) is 6. The molecule has 0 fully saturated rings. The van der Waals surface area contributed by atoms with Crippen LogP contribution in [0.5, 0.6) is 11.5 Å². The molecule has 4 aromatic carbocycles. The second-order valence-corrected chi connectivity index (χ2v) is 24.0. The van der Waals surface area contributed by atoms with Crippen molar-refractivity contribution < 1.29 is 81.4 Å². The molecule has 22 heteroatoms. The summed E-state index contributed by atoms with van der Waals surface area (Å²) in [6.45, 7) is 27.2. The van der Waals surface area contributed by atoms with E-state index in [9.17, 15) is 50.7 Å². The van der Waals surface area contributed by atoms with Gasteiger partial charge in [-0.25, -0.2) is 19.6 Å². The molecule has 0 spiro atoms. The number of pyridine rings is 2. The van der Waals surface area contributed by atoms with E-state index in [1.54, 1.807) is 65.3 Å². The van der Waals surface area contributed by atoms with Crippen LogP contribution in [-0.4, -0.2) is 78.1 Å². The second kappa shape index (κ2) is 27.7. The Bertz CT molecular complexity index is 3950. The molecule has 3 radical (unpaired) electrons. The van der Waals surface area contributed by atoms with Gasteiger partial charge in [-0.1, -0.05) is 71.9 Å². The topological polar surface area (TPSA) is 215 Å². The number of imidazole rings is 2. The molecule has 4 aromatic heterocycles. The van der Waals surface area contributed by atoms with Gasteiger partial charge in [-0.3, -0.25) is 32.7 Å². The summed E-state index contributed by atoms with van der Waals surface area (Å²) in [6.07, 6.45) is -0.495. The van der Waals surface area contributed by atoms with Gasteiger partial charge in [-0.2, -0.15) is 21.6 Å². The summed E-state index contributed by atoms with van der Waals surface area (Å²) in [5.74, 6) is -0.450. The number of aryl methyl sites for hydroxylation is 6. The third-order valence-electron chi connectivity index (χ3n) is 12.8. The number of aromatic hydroxyl groups is 1. The number of aromatic nitrogens is 6. The van der Waals surface area contributed by atoms with Gasteiger partial charge in [0.1, 0.15) is 11.5 Å². The van der Waals surface area contributed by atoms with E-state index in [2.05, 4.69) is 45.7 Å². The average molecular weight is 1170 g/mol. The van der Waals surface area contributed by atoms with E-state index in [0.717, 1.165) is 61.9 Å². The van der Waals surface area contributed by atoms with Crippen molar-refractivity contribution in [3.63, 3.8) is 0 Å². The molecule has 1 atom stereocenters. The van der Waals surface area contributed by atoms with Crippen LogP contribution in [0.15, 0.2) is 107 Å². The second-order valence-electron chi connectivity index (χ2n) is 22.5. The number of hydrogen-bond donors (Lipinski definition) is 2. The van der Waals surface area contributed by atoms with Gasteiger partial charge >= 0.3 is 56.6 Å². The molecule has 0 saturated carbocycles. The first kappa shape index (κ1) is 70.4. The van der Waals surface area contributed by atoms with Crippen LogP contribution in [0, 0.1) is 38.5 Å². The summed E-state index contributed by atoms with van der Waals surface area (Å²) in [7, 11) is -2.17. The van der Waals surface area contributed by atoms with E-state index >= 15 is 0 Å². The normalized spacial score (nSPS) is 11.9. The fourth-order valence-electron chi connectivity index (χ4n) is 8.51. The molecule has 8 rings (SSSR count). The van der Waals surface area contributed by atoms with Crippen molar-refractivity contribution in [2.45, 2.75) is 122 Å². The van der Waals surface area contributed by atoms with Gasteiger partial charge in [-0.05, 0) is 161 Å². The molecule has 8 aromatic rings. The molecule has 0 amide bonds. The summed E-state index contributed by atoms with van der Waals surface area (Å²) in [5, 5.41) is 18.9. The van der Waals surface area contributed by atoms with E-state index in [-0.39, 0.29) is 95.8 Å². The number of aliphatic hydroxyl groups excluding tert-OH is 1.